The van der Waals surface area contributed by atoms with Gasteiger partial charge >= 0.3 is 0 Å². The lowest BCUT2D eigenvalue weighted by Gasteiger charge is -2.30. The van der Waals surface area contributed by atoms with E-state index in [0.717, 1.165) is 6.54 Å². The summed E-state index contributed by atoms with van der Waals surface area (Å²) in [5.41, 5.74) is 0.844. The maximum absolute atomic E-state index is 12.6. The van der Waals surface area contributed by atoms with Crippen molar-refractivity contribution < 1.29 is 17.9 Å². The number of hydrogen-bond acceptors (Lipinski definition) is 5. The highest BCUT2D eigenvalue weighted by Crippen LogP contribution is 2.19. The summed E-state index contributed by atoms with van der Waals surface area (Å²) in [7, 11) is -2.21. The molecule has 0 heterocycles. The van der Waals surface area contributed by atoms with Crippen LogP contribution in [0.1, 0.15) is 38.1 Å². The van der Waals surface area contributed by atoms with Crippen LogP contribution >= 0.6 is 0 Å². The smallest absolute Gasteiger partial charge is 0.261 e. The topological polar surface area (TPSA) is 87.7 Å². The second kappa shape index (κ2) is 10.4. The molecule has 2 aromatic rings. The molecule has 2 N–H and O–H groups in total. The number of ether oxygens (including phenoxy) is 1. The van der Waals surface area contributed by atoms with Crippen molar-refractivity contribution in [2.45, 2.75) is 44.7 Å². The van der Waals surface area contributed by atoms with Crippen molar-refractivity contribution in [1.29, 1.82) is 0 Å². The largest absolute Gasteiger partial charge is 0.497 e. The third kappa shape index (κ3) is 6.47. The van der Waals surface area contributed by atoms with Gasteiger partial charge in [-0.2, -0.15) is 0 Å². The van der Waals surface area contributed by atoms with Gasteiger partial charge in [-0.05, 0) is 76.2 Å². The molecule has 1 amide bonds. The molecule has 0 fully saturated rings. The highest BCUT2D eigenvalue weighted by Gasteiger charge is 2.16. The summed E-state index contributed by atoms with van der Waals surface area (Å²) in [6.45, 7) is 9.78. The van der Waals surface area contributed by atoms with Gasteiger partial charge in [-0.3, -0.25) is 14.4 Å². The van der Waals surface area contributed by atoms with Crippen LogP contribution in [0.4, 0.5) is 5.69 Å². The monoisotopic (exact) mass is 433 g/mol. The van der Waals surface area contributed by atoms with Crippen LogP contribution in [0.3, 0.4) is 0 Å². The standard InChI is InChI=1S/C22H31N3O4S/c1-16(2)25(17(3)4)15-14-23-22(26)18-6-12-21(13-7-18)30(27,28)24-19-8-10-20(29-5)11-9-19/h6-13,16-17,24H,14-15H2,1-5H3,(H,23,26). The molecule has 0 saturated heterocycles. The van der Waals surface area contributed by atoms with E-state index in [2.05, 4.69) is 42.6 Å². The van der Waals surface area contributed by atoms with Gasteiger partial charge in [0.2, 0.25) is 0 Å². The Morgan fingerprint density at radius 2 is 1.53 bits per heavy atom. The molecular formula is C22H31N3O4S. The molecular weight excluding hydrogens is 402 g/mol. The number of methoxy groups -OCH3 is 1. The number of amides is 1. The number of rotatable bonds is 10. The summed E-state index contributed by atoms with van der Waals surface area (Å²) in [6.07, 6.45) is 0. The van der Waals surface area contributed by atoms with Gasteiger partial charge in [-0.15, -0.1) is 0 Å². The summed E-state index contributed by atoms with van der Waals surface area (Å²) in [6, 6.07) is 13.3. The highest BCUT2D eigenvalue weighted by atomic mass is 32.2. The summed E-state index contributed by atoms with van der Waals surface area (Å²) in [4.78, 5) is 14.7. The fourth-order valence-electron chi connectivity index (χ4n) is 3.17. The maximum Gasteiger partial charge on any atom is 0.261 e. The average molecular weight is 434 g/mol. The molecule has 0 aliphatic heterocycles. The minimum absolute atomic E-state index is 0.0839. The van der Waals surface area contributed by atoms with Crippen LogP contribution in [-0.4, -0.2) is 51.5 Å². The molecule has 8 heteroatoms. The van der Waals surface area contributed by atoms with Crippen LogP contribution in [0, 0.1) is 0 Å². The Morgan fingerprint density at radius 1 is 0.967 bits per heavy atom. The van der Waals surface area contributed by atoms with Gasteiger partial charge in [-0.25, -0.2) is 8.42 Å². The Kier molecular flexibility index (Phi) is 8.25. The molecule has 0 bridgehead atoms. The molecule has 0 radical (unpaired) electrons. The van der Waals surface area contributed by atoms with Crippen LogP contribution in [0.2, 0.25) is 0 Å². The Labute approximate surface area is 179 Å². The number of nitrogens with one attached hydrogen (secondary N) is 2. The van der Waals surface area contributed by atoms with E-state index in [1.54, 1.807) is 31.4 Å². The zero-order chi connectivity index (χ0) is 22.3. The Hall–Kier alpha value is -2.58. The predicted molar refractivity (Wildman–Crippen MR) is 120 cm³/mol. The van der Waals surface area contributed by atoms with E-state index < -0.39 is 10.0 Å². The minimum Gasteiger partial charge on any atom is -0.497 e. The van der Waals surface area contributed by atoms with Crippen LogP contribution < -0.4 is 14.8 Å². The van der Waals surface area contributed by atoms with Crippen molar-refractivity contribution in [3.8, 4) is 5.75 Å². The van der Waals surface area contributed by atoms with Gasteiger partial charge in [0.15, 0.2) is 0 Å². The first-order chi connectivity index (χ1) is 14.1. The SMILES string of the molecule is COc1ccc(NS(=O)(=O)c2ccc(C(=O)NCCN(C(C)C)C(C)C)cc2)cc1. The number of benzene rings is 2. The lowest BCUT2D eigenvalue weighted by atomic mass is 10.2. The van der Waals surface area contributed by atoms with Crippen molar-refractivity contribution in [2.24, 2.45) is 0 Å². The van der Waals surface area contributed by atoms with Crippen molar-refractivity contribution in [3.63, 3.8) is 0 Å². The number of carbonyl (C=O) groups is 1. The van der Waals surface area contributed by atoms with Gasteiger partial charge in [-0.1, -0.05) is 0 Å². The van der Waals surface area contributed by atoms with Crippen LogP contribution in [0.15, 0.2) is 53.4 Å². The van der Waals surface area contributed by atoms with Gasteiger partial charge in [0.25, 0.3) is 15.9 Å². The zero-order valence-electron chi connectivity index (χ0n) is 18.2. The first kappa shape index (κ1) is 23.7. The van der Waals surface area contributed by atoms with Gasteiger partial charge in [0.05, 0.1) is 12.0 Å². The molecule has 30 heavy (non-hydrogen) atoms. The van der Waals surface area contributed by atoms with E-state index in [0.29, 0.717) is 35.6 Å². The quantitative estimate of drug-likeness (QED) is 0.600. The molecule has 164 valence electrons. The van der Waals surface area contributed by atoms with Crippen molar-refractivity contribution in [3.05, 3.63) is 54.1 Å². The number of carbonyl (C=O) groups excluding carboxylic acids is 1. The van der Waals surface area contributed by atoms with Gasteiger partial charge < -0.3 is 10.1 Å². The van der Waals surface area contributed by atoms with E-state index in [1.807, 2.05) is 0 Å². The number of sulfonamides is 1. The number of hydrogen-bond donors (Lipinski definition) is 2. The molecule has 0 atom stereocenters. The maximum atomic E-state index is 12.6. The van der Waals surface area contributed by atoms with Crippen LogP contribution in [-0.2, 0) is 10.0 Å². The fraction of sp³-hybridized carbons (Fsp3) is 0.409. The predicted octanol–water partition coefficient (Wildman–Crippen LogP) is 3.34. The first-order valence-corrected chi connectivity index (χ1v) is 11.4. The molecule has 0 spiro atoms. The van der Waals surface area contributed by atoms with Gasteiger partial charge in [0.1, 0.15) is 5.75 Å². The van der Waals surface area contributed by atoms with Crippen molar-refractivity contribution in [2.75, 3.05) is 24.9 Å². The lowest BCUT2D eigenvalue weighted by Crippen LogP contribution is -2.42. The summed E-state index contributed by atoms with van der Waals surface area (Å²) >= 11 is 0. The number of anilines is 1. The molecule has 0 aliphatic carbocycles. The molecule has 7 nitrogen and oxygen atoms in total. The van der Waals surface area contributed by atoms with Gasteiger partial charge in [0, 0.05) is 36.4 Å². The molecule has 0 saturated carbocycles. The molecule has 0 aliphatic rings. The normalized spacial score (nSPS) is 11.7. The van der Waals surface area contributed by atoms with E-state index >= 15 is 0 Å². The lowest BCUT2D eigenvalue weighted by molar-refractivity contribution is 0.0939. The van der Waals surface area contributed by atoms with Crippen LogP contribution in [0.25, 0.3) is 0 Å². The first-order valence-electron chi connectivity index (χ1n) is 9.95. The molecule has 0 unspecified atom stereocenters. The molecule has 2 aromatic carbocycles. The average Bonchev–Trinajstić information content (AvgIpc) is 2.71. The zero-order valence-corrected chi connectivity index (χ0v) is 19.0. The summed E-state index contributed by atoms with van der Waals surface area (Å²) in [5, 5.41) is 2.89. The second-order valence-corrected chi connectivity index (χ2v) is 9.22. The van der Waals surface area contributed by atoms with Crippen LogP contribution in [0.5, 0.6) is 5.75 Å². The third-order valence-corrected chi connectivity index (χ3v) is 6.15. The Balaban J connectivity index is 1.98. The summed E-state index contributed by atoms with van der Waals surface area (Å²) < 4.78 is 32.7. The van der Waals surface area contributed by atoms with E-state index in [1.165, 1.54) is 24.3 Å². The number of nitrogens with zero attached hydrogens (tertiary/aromatic N) is 1. The third-order valence-electron chi connectivity index (χ3n) is 4.75. The van der Waals surface area contributed by atoms with E-state index in [4.69, 9.17) is 4.74 Å². The molecule has 2 rings (SSSR count). The second-order valence-electron chi connectivity index (χ2n) is 7.54. The minimum atomic E-state index is -3.75. The van der Waals surface area contributed by atoms with Crippen molar-refractivity contribution >= 4 is 21.6 Å². The summed E-state index contributed by atoms with van der Waals surface area (Å²) in [5.74, 6) is 0.410. The van der Waals surface area contributed by atoms with E-state index in [-0.39, 0.29) is 10.8 Å². The highest BCUT2D eigenvalue weighted by molar-refractivity contribution is 7.92. The van der Waals surface area contributed by atoms with Crippen molar-refractivity contribution in [1.82, 2.24) is 10.2 Å². The Bertz CT molecular complexity index is 916. The Morgan fingerprint density at radius 3 is 2.03 bits per heavy atom. The fourth-order valence-corrected chi connectivity index (χ4v) is 4.23. The van der Waals surface area contributed by atoms with E-state index in [9.17, 15) is 13.2 Å². The molecule has 0 aromatic heterocycles.